The first-order valence-corrected chi connectivity index (χ1v) is 7.93. The van der Waals surface area contributed by atoms with Crippen molar-refractivity contribution < 1.29 is 0 Å². The third kappa shape index (κ3) is 2.96. The van der Waals surface area contributed by atoms with Crippen LogP contribution in [0.4, 0.5) is 5.82 Å². The van der Waals surface area contributed by atoms with Crippen molar-refractivity contribution in [2.75, 3.05) is 37.6 Å². The molecule has 1 atom stereocenters. The Morgan fingerprint density at radius 1 is 1.30 bits per heavy atom. The molecule has 0 amide bonds. The van der Waals surface area contributed by atoms with Crippen LogP contribution in [0.15, 0.2) is 12.1 Å². The summed E-state index contributed by atoms with van der Waals surface area (Å²) in [7, 11) is 0. The highest BCUT2D eigenvalue weighted by Gasteiger charge is 2.31. The SMILES string of the molecule is CCNCc1cc(C)nc(N2CCN3CCCC3C2)c1. The van der Waals surface area contributed by atoms with Gasteiger partial charge < -0.3 is 10.2 Å². The zero-order valence-corrected chi connectivity index (χ0v) is 12.7. The highest BCUT2D eigenvalue weighted by molar-refractivity contribution is 5.43. The maximum atomic E-state index is 4.76. The average molecular weight is 274 g/mol. The number of fused-ring (bicyclic) bond motifs is 1. The Balaban J connectivity index is 1.74. The first-order chi connectivity index (χ1) is 9.76. The lowest BCUT2D eigenvalue weighted by Crippen LogP contribution is -2.50. The zero-order valence-electron chi connectivity index (χ0n) is 12.7. The molecule has 20 heavy (non-hydrogen) atoms. The molecule has 1 N–H and O–H groups in total. The summed E-state index contributed by atoms with van der Waals surface area (Å²) in [6.45, 7) is 11.0. The number of hydrogen-bond donors (Lipinski definition) is 1. The number of hydrogen-bond acceptors (Lipinski definition) is 4. The lowest BCUT2D eigenvalue weighted by molar-refractivity contribution is 0.230. The van der Waals surface area contributed by atoms with Crippen LogP contribution in [0.5, 0.6) is 0 Å². The number of piperazine rings is 1. The lowest BCUT2D eigenvalue weighted by atomic mass is 10.1. The number of nitrogens with one attached hydrogen (secondary N) is 1. The Labute approximate surface area is 122 Å². The second-order valence-corrected chi connectivity index (χ2v) is 6.03. The van der Waals surface area contributed by atoms with E-state index in [1.165, 1.54) is 37.3 Å². The van der Waals surface area contributed by atoms with Gasteiger partial charge in [-0.1, -0.05) is 6.92 Å². The van der Waals surface area contributed by atoms with Gasteiger partial charge in [0, 0.05) is 37.9 Å². The Hall–Kier alpha value is -1.13. The molecule has 0 aromatic carbocycles. The molecule has 1 aromatic heterocycles. The van der Waals surface area contributed by atoms with Crippen LogP contribution < -0.4 is 10.2 Å². The van der Waals surface area contributed by atoms with Gasteiger partial charge in [-0.05, 0) is 50.6 Å². The van der Waals surface area contributed by atoms with Crippen LogP contribution in [-0.2, 0) is 6.54 Å². The van der Waals surface area contributed by atoms with E-state index >= 15 is 0 Å². The normalized spacial score (nSPS) is 23.1. The van der Waals surface area contributed by atoms with Crippen molar-refractivity contribution in [1.82, 2.24) is 15.2 Å². The first kappa shape index (κ1) is 13.8. The van der Waals surface area contributed by atoms with Crippen molar-refractivity contribution in [2.24, 2.45) is 0 Å². The molecule has 0 spiro atoms. The summed E-state index contributed by atoms with van der Waals surface area (Å²) < 4.78 is 0. The Morgan fingerprint density at radius 2 is 2.20 bits per heavy atom. The summed E-state index contributed by atoms with van der Waals surface area (Å²) in [6.07, 6.45) is 2.72. The van der Waals surface area contributed by atoms with E-state index in [2.05, 4.69) is 41.1 Å². The van der Waals surface area contributed by atoms with Gasteiger partial charge in [0.1, 0.15) is 5.82 Å². The molecular weight excluding hydrogens is 248 g/mol. The monoisotopic (exact) mass is 274 g/mol. The number of rotatable bonds is 4. The fraction of sp³-hybridized carbons (Fsp3) is 0.688. The van der Waals surface area contributed by atoms with Gasteiger partial charge in [-0.15, -0.1) is 0 Å². The van der Waals surface area contributed by atoms with Crippen molar-refractivity contribution in [2.45, 2.75) is 39.3 Å². The van der Waals surface area contributed by atoms with Crippen molar-refractivity contribution in [3.63, 3.8) is 0 Å². The second kappa shape index (κ2) is 6.10. The predicted octanol–water partition coefficient (Wildman–Crippen LogP) is 1.78. The van der Waals surface area contributed by atoms with Crippen LogP contribution in [0.25, 0.3) is 0 Å². The summed E-state index contributed by atoms with van der Waals surface area (Å²) in [6, 6.07) is 5.21. The molecule has 2 fully saturated rings. The molecule has 3 heterocycles. The number of anilines is 1. The molecule has 3 rings (SSSR count). The summed E-state index contributed by atoms with van der Waals surface area (Å²) in [5, 5.41) is 3.40. The van der Waals surface area contributed by atoms with Gasteiger partial charge in [0.05, 0.1) is 0 Å². The number of pyridine rings is 1. The Bertz CT molecular complexity index is 460. The molecule has 0 aliphatic carbocycles. The Kier molecular flexibility index (Phi) is 4.22. The average Bonchev–Trinajstić information content (AvgIpc) is 2.92. The molecule has 2 aliphatic heterocycles. The van der Waals surface area contributed by atoms with Crippen molar-refractivity contribution in [3.8, 4) is 0 Å². The molecule has 1 aromatic rings. The highest BCUT2D eigenvalue weighted by atomic mass is 15.3. The van der Waals surface area contributed by atoms with E-state index < -0.39 is 0 Å². The maximum Gasteiger partial charge on any atom is 0.129 e. The van der Waals surface area contributed by atoms with Gasteiger partial charge in [-0.2, -0.15) is 0 Å². The van der Waals surface area contributed by atoms with E-state index in [9.17, 15) is 0 Å². The quantitative estimate of drug-likeness (QED) is 0.907. The molecule has 4 nitrogen and oxygen atoms in total. The lowest BCUT2D eigenvalue weighted by Gasteiger charge is -2.38. The maximum absolute atomic E-state index is 4.76. The minimum atomic E-state index is 0.753. The topological polar surface area (TPSA) is 31.4 Å². The van der Waals surface area contributed by atoms with Gasteiger partial charge >= 0.3 is 0 Å². The molecule has 0 saturated carbocycles. The van der Waals surface area contributed by atoms with E-state index in [1.807, 2.05) is 0 Å². The largest absolute Gasteiger partial charge is 0.354 e. The van der Waals surface area contributed by atoms with Crippen LogP contribution in [-0.4, -0.2) is 48.6 Å². The zero-order chi connectivity index (χ0) is 13.9. The van der Waals surface area contributed by atoms with Crippen LogP contribution in [0.2, 0.25) is 0 Å². The molecule has 0 bridgehead atoms. The van der Waals surface area contributed by atoms with E-state index in [0.29, 0.717) is 0 Å². The standard InChI is InChI=1S/C16H26N4/c1-3-17-11-14-9-13(2)18-16(10-14)20-8-7-19-6-4-5-15(19)12-20/h9-10,15,17H,3-8,11-12H2,1-2H3. The fourth-order valence-corrected chi connectivity index (χ4v) is 3.45. The number of aryl methyl sites for hydroxylation is 1. The van der Waals surface area contributed by atoms with E-state index in [1.54, 1.807) is 0 Å². The molecule has 4 heteroatoms. The molecule has 2 aliphatic rings. The minimum absolute atomic E-state index is 0.753. The smallest absolute Gasteiger partial charge is 0.129 e. The first-order valence-electron chi connectivity index (χ1n) is 7.93. The third-order valence-electron chi connectivity index (χ3n) is 4.49. The summed E-state index contributed by atoms with van der Waals surface area (Å²) in [5.41, 5.74) is 2.48. The van der Waals surface area contributed by atoms with E-state index in [4.69, 9.17) is 4.98 Å². The second-order valence-electron chi connectivity index (χ2n) is 6.03. The minimum Gasteiger partial charge on any atom is -0.354 e. The van der Waals surface area contributed by atoms with Gasteiger partial charge in [0.25, 0.3) is 0 Å². The third-order valence-corrected chi connectivity index (χ3v) is 4.49. The molecule has 2 saturated heterocycles. The van der Waals surface area contributed by atoms with Crippen molar-refractivity contribution >= 4 is 5.82 Å². The van der Waals surface area contributed by atoms with Crippen LogP contribution in [0.1, 0.15) is 31.0 Å². The summed E-state index contributed by atoms with van der Waals surface area (Å²) in [4.78, 5) is 9.89. The molecule has 110 valence electrons. The fourth-order valence-electron chi connectivity index (χ4n) is 3.45. The highest BCUT2D eigenvalue weighted by Crippen LogP contribution is 2.25. The number of aromatic nitrogens is 1. The van der Waals surface area contributed by atoms with Crippen LogP contribution >= 0.6 is 0 Å². The van der Waals surface area contributed by atoms with Gasteiger partial charge in [0.15, 0.2) is 0 Å². The molecule has 0 radical (unpaired) electrons. The molecule has 1 unspecified atom stereocenters. The van der Waals surface area contributed by atoms with Crippen molar-refractivity contribution in [1.29, 1.82) is 0 Å². The van der Waals surface area contributed by atoms with Gasteiger partial charge in [-0.25, -0.2) is 4.98 Å². The summed E-state index contributed by atoms with van der Waals surface area (Å²) >= 11 is 0. The van der Waals surface area contributed by atoms with Crippen LogP contribution in [0.3, 0.4) is 0 Å². The number of nitrogens with zero attached hydrogens (tertiary/aromatic N) is 3. The van der Waals surface area contributed by atoms with Crippen LogP contribution in [0, 0.1) is 6.92 Å². The van der Waals surface area contributed by atoms with E-state index in [-0.39, 0.29) is 0 Å². The van der Waals surface area contributed by atoms with Gasteiger partial charge in [0.2, 0.25) is 0 Å². The van der Waals surface area contributed by atoms with Crippen molar-refractivity contribution in [3.05, 3.63) is 23.4 Å². The predicted molar refractivity (Wildman–Crippen MR) is 83.2 cm³/mol. The summed E-state index contributed by atoms with van der Waals surface area (Å²) in [5.74, 6) is 1.17. The molecular formula is C16H26N4. The van der Waals surface area contributed by atoms with E-state index in [0.717, 1.165) is 37.9 Å². The van der Waals surface area contributed by atoms with Gasteiger partial charge in [-0.3, -0.25) is 4.90 Å². The Morgan fingerprint density at radius 3 is 3.05 bits per heavy atom.